The van der Waals surface area contributed by atoms with Crippen molar-refractivity contribution >= 4 is 11.8 Å². The number of benzene rings is 1. The van der Waals surface area contributed by atoms with Crippen molar-refractivity contribution in [2.75, 3.05) is 0 Å². The van der Waals surface area contributed by atoms with Gasteiger partial charge in [-0.3, -0.25) is 9.59 Å². The van der Waals surface area contributed by atoms with Gasteiger partial charge in [-0.05, 0) is 30.9 Å². The molecule has 2 rings (SSSR count). The fourth-order valence-electron chi connectivity index (χ4n) is 2.29. The van der Waals surface area contributed by atoms with Crippen molar-refractivity contribution in [3.05, 3.63) is 48.0 Å². The van der Waals surface area contributed by atoms with Crippen molar-refractivity contribution in [3.63, 3.8) is 0 Å². The van der Waals surface area contributed by atoms with Crippen LogP contribution in [0.2, 0.25) is 0 Å². The van der Waals surface area contributed by atoms with Gasteiger partial charge >= 0.3 is 5.97 Å². The van der Waals surface area contributed by atoms with E-state index in [9.17, 15) is 9.59 Å². The highest BCUT2D eigenvalue weighted by Gasteiger charge is 2.18. The van der Waals surface area contributed by atoms with Crippen LogP contribution in [0.1, 0.15) is 37.7 Å². The molecular weight excluding hydrogens is 252 g/mol. The third kappa shape index (κ3) is 5.00. The summed E-state index contributed by atoms with van der Waals surface area (Å²) in [7, 11) is 0. The van der Waals surface area contributed by atoms with Crippen LogP contribution in [0.25, 0.3) is 0 Å². The molecule has 1 fully saturated rings. The number of carbonyl (C=O) groups is 2. The van der Waals surface area contributed by atoms with Gasteiger partial charge in [-0.1, -0.05) is 36.4 Å². The Bertz CT molecular complexity index is 476. The van der Waals surface area contributed by atoms with E-state index in [-0.39, 0.29) is 17.9 Å². The number of hydrogen-bond donors (Lipinski definition) is 0. The number of hydrogen-bond acceptors (Lipinski definition) is 3. The summed E-state index contributed by atoms with van der Waals surface area (Å²) in [5.74, 6) is 0.000966. The number of carbonyl (C=O) groups excluding carboxylic acids is 2. The fraction of sp³-hybridized carbons (Fsp3) is 0.412. The van der Waals surface area contributed by atoms with Crippen LogP contribution in [0, 0.1) is 0 Å². The largest absolute Gasteiger partial charge is 0.462 e. The van der Waals surface area contributed by atoms with Crippen molar-refractivity contribution in [1.82, 2.24) is 0 Å². The Kier molecular flexibility index (Phi) is 5.54. The Morgan fingerprint density at radius 3 is 2.85 bits per heavy atom. The van der Waals surface area contributed by atoms with Crippen LogP contribution in [0.4, 0.5) is 0 Å². The van der Waals surface area contributed by atoms with Crippen molar-refractivity contribution < 1.29 is 14.3 Å². The predicted octanol–water partition coefficient (Wildman–Crippen LogP) is 3.23. The van der Waals surface area contributed by atoms with Crippen molar-refractivity contribution in [1.29, 1.82) is 0 Å². The summed E-state index contributed by atoms with van der Waals surface area (Å²) in [6.45, 7) is 0. The Morgan fingerprint density at radius 1 is 1.30 bits per heavy atom. The van der Waals surface area contributed by atoms with Gasteiger partial charge in [0.05, 0.1) is 0 Å². The molecule has 1 atom stereocenters. The SMILES string of the molecule is O=C(/C=C/C[C@@H]1CCCC(=O)O1)CCc1ccccc1. The van der Waals surface area contributed by atoms with Gasteiger partial charge in [-0.2, -0.15) is 0 Å². The summed E-state index contributed by atoms with van der Waals surface area (Å²) >= 11 is 0. The summed E-state index contributed by atoms with van der Waals surface area (Å²) in [5.41, 5.74) is 1.18. The molecule has 3 heteroatoms. The maximum absolute atomic E-state index is 11.7. The topological polar surface area (TPSA) is 43.4 Å². The van der Waals surface area contributed by atoms with Crippen LogP contribution in [0.5, 0.6) is 0 Å². The van der Waals surface area contributed by atoms with E-state index >= 15 is 0 Å². The number of ketones is 1. The van der Waals surface area contributed by atoms with E-state index in [0.29, 0.717) is 19.3 Å². The number of esters is 1. The average Bonchev–Trinajstić information content (AvgIpc) is 2.46. The molecule has 0 bridgehead atoms. The molecule has 106 valence electrons. The van der Waals surface area contributed by atoms with Crippen LogP contribution in [-0.4, -0.2) is 17.9 Å². The van der Waals surface area contributed by atoms with Gasteiger partial charge in [0.1, 0.15) is 6.10 Å². The Balaban J connectivity index is 1.68. The lowest BCUT2D eigenvalue weighted by Crippen LogP contribution is -2.22. The highest BCUT2D eigenvalue weighted by atomic mass is 16.5. The molecule has 0 spiro atoms. The molecule has 1 heterocycles. The van der Waals surface area contributed by atoms with E-state index in [1.54, 1.807) is 6.08 Å². The van der Waals surface area contributed by atoms with Crippen LogP contribution in [-0.2, 0) is 20.7 Å². The van der Waals surface area contributed by atoms with E-state index in [4.69, 9.17) is 4.74 Å². The standard InChI is InChI=1S/C17H20O3/c18-15(13-12-14-6-2-1-3-7-14)8-4-9-16-10-5-11-17(19)20-16/h1-4,6-8,16H,5,9-13H2/b8-4+/t16-/m1/s1. The molecule has 1 aliphatic rings. The zero-order valence-electron chi connectivity index (χ0n) is 11.6. The summed E-state index contributed by atoms with van der Waals surface area (Å²) in [4.78, 5) is 22.8. The second-order valence-corrected chi connectivity index (χ2v) is 5.09. The van der Waals surface area contributed by atoms with Crippen LogP contribution in [0.15, 0.2) is 42.5 Å². The molecule has 0 saturated carbocycles. The zero-order chi connectivity index (χ0) is 14.2. The molecule has 0 aromatic heterocycles. The number of cyclic esters (lactones) is 1. The molecule has 1 saturated heterocycles. The number of rotatable bonds is 6. The molecule has 1 aliphatic heterocycles. The maximum atomic E-state index is 11.7. The van der Waals surface area contributed by atoms with Gasteiger partial charge in [-0.15, -0.1) is 0 Å². The quantitative estimate of drug-likeness (QED) is 0.590. The number of aryl methyl sites for hydroxylation is 1. The van der Waals surface area contributed by atoms with Crippen molar-refractivity contribution in [3.8, 4) is 0 Å². The van der Waals surface area contributed by atoms with E-state index in [1.165, 1.54) is 5.56 Å². The number of allylic oxidation sites excluding steroid dienone is 1. The molecule has 0 amide bonds. The van der Waals surface area contributed by atoms with Crippen LogP contribution in [0.3, 0.4) is 0 Å². The summed E-state index contributed by atoms with van der Waals surface area (Å²) in [5, 5.41) is 0. The molecule has 0 unspecified atom stereocenters. The van der Waals surface area contributed by atoms with E-state index < -0.39 is 0 Å². The molecule has 1 aromatic carbocycles. The summed E-state index contributed by atoms with van der Waals surface area (Å²) in [6.07, 6.45) is 7.64. The van der Waals surface area contributed by atoms with Gasteiger partial charge in [0.2, 0.25) is 0 Å². The lowest BCUT2D eigenvalue weighted by atomic mass is 10.0. The van der Waals surface area contributed by atoms with Gasteiger partial charge in [0, 0.05) is 19.3 Å². The fourth-order valence-corrected chi connectivity index (χ4v) is 2.29. The minimum atomic E-state index is -0.120. The number of ether oxygens (including phenoxy) is 1. The summed E-state index contributed by atoms with van der Waals surface area (Å²) < 4.78 is 5.20. The molecule has 0 radical (unpaired) electrons. The van der Waals surface area contributed by atoms with E-state index in [1.807, 2.05) is 36.4 Å². The average molecular weight is 272 g/mol. The lowest BCUT2D eigenvalue weighted by molar-refractivity contribution is -0.153. The lowest BCUT2D eigenvalue weighted by Gasteiger charge is -2.20. The van der Waals surface area contributed by atoms with E-state index in [0.717, 1.165) is 19.3 Å². The third-order valence-electron chi connectivity index (χ3n) is 3.41. The van der Waals surface area contributed by atoms with Crippen molar-refractivity contribution in [2.45, 2.75) is 44.6 Å². The molecule has 3 nitrogen and oxygen atoms in total. The predicted molar refractivity (Wildman–Crippen MR) is 77.3 cm³/mol. The second kappa shape index (κ2) is 7.63. The van der Waals surface area contributed by atoms with Gasteiger partial charge in [-0.25, -0.2) is 0 Å². The van der Waals surface area contributed by atoms with Crippen molar-refractivity contribution in [2.24, 2.45) is 0 Å². The smallest absolute Gasteiger partial charge is 0.306 e. The van der Waals surface area contributed by atoms with Gasteiger partial charge in [0.25, 0.3) is 0 Å². The van der Waals surface area contributed by atoms with Crippen LogP contribution >= 0.6 is 0 Å². The highest BCUT2D eigenvalue weighted by Crippen LogP contribution is 2.17. The minimum Gasteiger partial charge on any atom is -0.462 e. The normalized spacial score (nSPS) is 19.0. The molecule has 20 heavy (non-hydrogen) atoms. The first-order chi connectivity index (χ1) is 9.74. The molecule has 0 N–H and O–H groups in total. The Hall–Kier alpha value is -1.90. The monoisotopic (exact) mass is 272 g/mol. The maximum Gasteiger partial charge on any atom is 0.306 e. The first-order valence-electron chi connectivity index (χ1n) is 7.17. The third-order valence-corrected chi connectivity index (χ3v) is 3.41. The van der Waals surface area contributed by atoms with Crippen LogP contribution < -0.4 is 0 Å². The molecule has 1 aromatic rings. The van der Waals surface area contributed by atoms with E-state index in [2.05, 4.69) is 0 Å². The van der Waals surface area contributed by atoms with Gasteiger partial charge in [0.15, 0.2) is 5.78 Å². The van der Waals surface area contributed by atoms with Gasteiger partial charge < -0.3 is 4.74 Å². The zero-order valence-corrected chi connectivity index (χ0v) is 11.6. The Labute approximate surface area is 119 Å². The highest BCUT2D eigenvalue weighted by molar-refractivity contribution is 5.89. The minimum absolute atomic E-state index is 0.0468. The Morgan fingerprint density at radius 2 is 2.10 bits per heavy atom. The molecule has 0 aliphatic carbocycles. The summed E-state index contributed by atoms with van der Waals surface area (Å²) in [6, 6.07) is 9.98. The molecular formula is C17H20O3. The first-order valence-corrected chi connectivity index (χ1v) is 7.17. The second-order valence-electron chi connectivity index (χ2n) is 5.09. The first kappa shape index (κ1) is 14.5.